The molecule has 5 heterocycles. The van der Waals surface area contributed by atoms with Crippen molar-refractivity contribution >= 4 is 43.4 Å². The van der Waals surface area contributed by atoms with E-state index in [4.69, 9.17) is 24.9 Å². The predicted octanol–water partition coefficient (Wildman–Crippen LogP) is 10.8. The lowest BCUT2D eigenvalue weighted by Gasteiger charge is -2.22. The summed E-state index contributed by atoms with van der Waals surface area (Å²) in [4.78, 5) is 25.7. The number of hydrogen-bond donors (Lipinski definition) is 0. The molecular weight excluding hydrogens is 611 g/mol. The second-order valence-corrected chi connectivity index (χ2v) is 13.2. The summed E-state index contributed by atoms with van der Waals surface area (Å²) in [6.07, 6.45) is 12.4. The lowest BCUT2D eigenvalue weighted by Crippen LogP contribution is -2.06. The highest BCUT2D eigenvalue weighted by Crippen LogP contribution is 2.47. The SMILES string of the molecule is c1ccc2cc(-c3cccc4nc(-c5ccc6ccccc6n5)c(-c5cnc6c(c5)CCCC6)c(-c5cncc6ccccc56)c34)ncc2c1. The summed E-state index contributed by atoms with van der Waals surface area (Å²) in [6.45, 7) is 0. The van der Waals surface area contributed by atoms with Crippen LogP contribution in [0.5, 0.6) is 0 Å². The van der Waals surface area contributed by atoms with Gasteiger partial charge in [-0.3, -0.25) is 15.0 Å². The summed E-state index contributed by atoms with van der Waals surface area (Å²) in [5.41, 5.74) is 12.0. The van der Waals surface area contributed by atoms with Gasteiger partial charge < -0.3 is 0 Å². The summed E-state index contributed by atoms with van der Waals surface area (Å²) in [6, 6.07) is 40.3. The van der Waals surface area contributed by atoms with Crippen LogP contribution in [0.15, 0.2) is 140 Å². The Bertz CT molecular complexity index is 2780. The van der Waals surface area contributed by atoms with Gasteiger partial charge in [0.05, 0.1) is 28.1 Å². The van der Waals surface area contributed by atoms with Gasteiger partial charge >= 0.3 is 0 Å². The van der Waals surface area contributed by atoms with Crippen molar-refractivity contribution in [3.8, 4) is 44.9 Å². The van der Waals surface area contributed by atoms with Gasteiger partial charge in [0.15, 0.2) is 0 Å². The maximum Gasteiger partial charge on any atom is 0.0979 e. The first-order valence-electron chi connectivity index (χ1n) is 17.3. The van der Waals surface area contributed by atoms with Crippen molar-refractivity contribution in [1.29, 1.82) is 0 Å². The smallest absolute Gasteiger partial charge is 0.0979 e. The number of fused-ring (bicyclic) bond motifs is 5. The van der Waals surface area contributed by atoms with Crippen LogP contribution in [0.25, 0.3) is 88.2 Å². The highest BCUT2D eigenvalue weighted by molar-refractivity contribution is 6.16. The fraction of sp³-hybridized carbons (Fsp3) is 0.0889. The van der Waals surface area contributed by atoms with Crippen LogP contribution < -0.4 is 0 Å². The van der Waals surface area contributed by atoms with E-state index in [1.165, 1.54) is 24.1 Å². The van der Waals surface area contributed by atoms with E-state index in [1.54, 1.807) is 0 Å². The van der Waals surface area contributed by atoms with Crippen LogP contribution in [0.2, 0.25) is 0 Å². The topological polar surface area (TPSA) is 64.5 Å². The third-order valence-corrected chi connectivity index (χ3v) is 10.2. The Hall–Kier alpha value is -6.33. The highest BCUT2D eigenvalue weighted by atomic mass is 14.8. The Morgan fingerprint density at radius 3 is 2.22 bits per heavy atom. The molecule has 1 aliphatic rings. The minimum atomic E-state index is 0.821. The van der Waals surface area contributed by atoms with Crippen LogP contribution in [0.4, 0.5) is 0 Å². The molecule has 5 aromatic heterocycles. The Labute approximate surface area is 289 Å². The monoisotopic (exact) mass is 641 g/mol. The largest absolute Gasteiger partial charge is 0.263 e. The Balaban J connectivity index is 1.39. The molecule has 9 aromatic rings. The quantitative estimate of drug-likeness (QED) is 0.191. The molecule has 236 valence electrons. The molecule has 0 unspecified atom stereocenters. The molecule has 0 amide bonds. The highest BCUT2D eigenvalue weighted by Gasteiger charge is 2.26. The maximum absolute atomic E-state index is 5.52. The van der Waals surface area contributed by atoms with E-state index in [9.17, 15) is 0 Å². The van der Waals surface area contributed by atoms with Crippen LogP contribution in [-0.2, 0) is 12.8 Å². The van der Waals surface area contributed by atoms with Crippen molar-refractivity contribution in [2.75, 3.05) is 0 Å². The van der Waals surface area contributed by atoms with Gasteiger partial charge in [-0.25, -0.2) is 9.97 Å². The molecule has 10 rings (SSSR count). The van der Waals surface area contributed by atoms with E-state index in [0.29, 0.717) is 0 Å². The van der Waals surface area contributed by atoms with Crippen molar-refractivity contribution in [2.45, 2.75) is 25.7 Å². The van der Waals surface area contributed by atoms with Crippen LogP contribution in [0, 0.1) is 0 Å². The molecule has 0 saturated heterocycles. The van der Waals surface area contributed by atoms with Crippen molar-refractivity contribution in [3.63, 3.8) is 0 Å². The number of nitrogens with zero attached hydrogens (tertiary/aromatic N) is 5. The van der Waals surface area contributed by atoms with Gasteiger partial charge in [0.1, 0.15) is 0 Å². The lowest BCUT2D eigenvalue weighted by atomic mass is 9.85. The summed E-state index contributed by atoms with van der Waals surface area (Å²) < 4.78 is 0. The Morgan fingerprint density at radius 1 is 0.480 bits per heavy atom. The van der Waals surface area contributed by atoms with Crippen molar-refractivity contribution in [3.05, 3.63) is 151 Å². The first-order chi connectivity index (χ1) is 24.8. The average molecular weight is 642 g/mol. The minimum absolute atomic E-state index is 0.821. The number of aryl methyl sites for hydroxylation is 2. The molecule has 0 atom stereocenters. The molecular formula is C45H31N5. The van der Waals surface area contributed by atoms with Gasteiger partial charge in [-0.15, -0.1) is 0 Å². The molecule has 0 N–H and O–H groups in total. The van der Waals surface area contributed by atoms with Crippen molar-refractivity contribution < 1.29 is 0 Å². The molecule has 0 saturated carbocycles. The van der Waals surface area contributed by atoms with Gasteiger partial charge in [-0.05, 0) is 72.4 Å². The number of pyridine rings is 5. The number of benzene rings is 4. The van der Waals surface area contributed by atoms with Crippen LogP contribution in [-0.4, -0.2) is 24.9 Å². The zero-order valence-electron chi connectivity index (χ0n) is 27.3. The summed E-state index contributed by atoms with van der Waals surface area (Å²) >= 11 is 0. The van der Waals surface area contributed by atoms with E-state index in [1.807, 2.05) is 24.7 Å². The zero-order valence-corrected chi connectivity index (χ0v) is 27.3. The molecule has 0 aliphatic heterocycles. The molecule has 4 aromatic carbocycles. The first-order valence-corrected chi connectivity index (χ1v) is 17.3. The summed E-state index contributed by atoms with van der Waals surface area (Å²) in [5.74, 6) is 0. The molecule has 5 heteroatoms. The normalized spacial score (nSPS) is 12.9. The molecule has 5 nitrogen and oxygen atoms in total. The minimum Gasteiger partial charge on any atom is -0.263 e. The van der Waals surface area contributed by atoms with E-state index >= 15 is 0 Å². The van der Waals surface area contributed by atoms with Gasteiger partial charge in [-0.1, -0.05) is 84.9 Å². The number of rotatable bonds is 4. The second-order valence-electron chi connectivity index (χ2n) is 13.2. The lowest BCUT2D eigenvalue weighted by molar-refractivity contribution is 0.668. The molecule has 1 aliphatic carbocycles. The maximum atomic E-state index is 5.52. The fourth-order valence-corrected chi connectivity index (χ4v) is 7.73. The van der Waals surface area contributed by atoms with E-state index < -0.39 is 0 Å². The number of aromatic nitrogens is 5. The Morgan fingerprint density at radius 2 is 1.28 bits per heavy atom. The summed E-state index contributed by atoms with van der Waals surface area (Å²) in [7, 11) is 0. The fourth-order valence-electron chi connectivity index (χ4n) is 7.73. The summed E-state index contributed by atoms with van der Waals surface area (Å²) in [5, 5.41) is 6.59. The van der Waals surface area contributed by atoms with Crippen LogP contribution >= 0.6 is 0 Å². The first kappa shape index (κ1) is 28.7. The van der Waals surface area contributed by atoms with Crippen LogP contribution in [0.1, 0.15) is 24.1 Å². The Kier molecular flexibility index (Phi) is 6.69. The van der Waals surface area contributed by atoms with Crippen molar-refractivity contribution in [2.24, 2.45) is 0 Å². The average Bonchev–Trinajstić information content (AvgIpc) is 3.19. The molecule has 0 fully saturated rings. The molecule has 0 bridgehead atoms. The van der Waals surface area contributed by atoms with Crippen molar-refractivity contribution in [1.82, 2.24) is 24.9 Å². The van der Waals surface area contributed by atoms with Gasteiger partial charge in [0, 0.05) is 79.8 Å². The standard InChI is InChI=1S/C45H31N5/c1-2-13-31-25-48-41(23-29(31)11-1)35-16-9-19-39-43(35)44(36-27-46-24-32-14-3-6-15-34(32)36)42(33-22-30-12-5-7-17-37(30)47-26-33)45(50-39)40-21-20-28-10-4-8-18-38(28)49-40/h1-4,6,8-11,13-16,18-27H,5,7,12,17H2. The van der Waals surface area contributed by atoms with E-state index in [-0.39, 0.29) is 0 Å². The van der Waals surface area contributed by atoms with E-state index in [0.717, 1.165) is 101 Å². The third kappa shape index (κ3) is 4.73. The second kappa shape index (κ2) is 11.7. The van der Waals surface area contributed by atoms with Gasteiger partial charge in [0.25, 0.3) is 0 Å². The predicted molar refractivity (Wildman–Crippen MR) is 204 cm³/mol. The zero-order chi connectivity index (χ0) is 33.0. The molecule has 0 radical (unpaired) electrons. The van der Waals surface area contributed by atoms with E-state index in [2.05, 4.69) is 115 Å². The number of hydrogen-bond acceptors (Lipinski definition) is 5. The van der Waals surface area contributed by atoms with Gasteiger partial charge in [0.2, 0.25) is 0 Å². The van der Waals surface area contributed by atoms with Gasteiger partial charge in [-0.2, -0.15) is 0 Å². The molecule has 0 spiro atoms. The number of para-hydroxylation sites is 1. The van der Waals surface area contributed by atoms with Crippen LogP contribution in [0.3, 0.4) is 0 Å². The third-order valence-electron chi connectivity index (χ3n) is 10.2. The molecule has 50 heavy (non-hydrogen) atoms.